The first-order chi connectivity index (χ1) is 9.70. The van der Waals surface area contributed by atoms with Gasteiger partial charge in [0, 0.05) is 18.8 Å². The maximum atomic E-state index is 12.2. The third-order valence-corrected chi connectivity index (χ3v) is 3.27. The molecule has 0 spiro atoms. The predicted molar refractivity (Wildman–Crippen MR) is 84.9 cm³/mol. The number of halogens is 1. The molecule has 0 radical (unpaired) electrons. The van der Waals surface area contributed by atoms with Gasteiger partial charge in [0.05, 0.1) is 19.3 Å². The maximum Gasteiger partial charge on any atom is 0.244 e. The normalized spacial score (nSPS) is 21.4. The smallest absolute Gasteiger partial charge is 0.244 e. The van der Waals surface area contributed by atoms with E-state index in [1.807, 2.05) is 38.1 Å². The molecule has 21 heavy (non-hydrogen) atoms. The first-order valence-corrected chi connectivity index (χ1v) is 7.03. The van der Waals surface area contributed by atoms with E-state index < -0.39 is 0 Å². The van der Waals surface area contributed by atoms with Crippen LogP contribution in [0.2, 0.25) is 0 Å². The molecule has 1 fully saturated rings. The van der Waals surface area contributed by atoms with Crippen molar-refractivity contribution in [1.82, 2.24) is 5.32 Å². The Kier molecular flexibility index (Phi) is 7.67. The summed E-state index contributed by atoms with van der Waals surface area (Å²) in [6, 6.07) is 7.40. The Labute approximate surface area is 131 Å². The highest BCUT2D eigenvalue weighted by Crippen LogP contribution is 2.13. The van der Waals surface area contributed by atoms with Crippen LogP contribution in [0.4, 0.5) is 5.69 Å². The quantitative estimate of drug-likeness (QED) is 0.872. The van der Waals surface area contributed by atoms with Crippen LogP contribution in [0.15, 0.2) is 24.3 Å². The van der Waals surface area contributed by atoms with E-state index >= 15 is 0 Å². The third kappa shape index (κ3) is 5.28. The van der Waals surface area contributed by atoms with E-state index in [1.165, 1.54) is 0 Å². The summed E-state index contributed by atoms with van der Waals surface area (Å²) in [4.78, 5) is 12.2. The molecule has 2 rings (SSSR count). The number of hydrogen-bond acceptors (Lipinski definition) is 4. The summed E-state index contributed by atoms with van der Waals surface area (Å²) in [5.74, 6) is -0.0641. The Morgan fingerprint density at radius 3 is 3.05 bits per heavy atom. The molecule has 1 aliphatic heterocycles. The molecule has 0 saturated carbocycles. The molecular weight excluding hydrogens is 292 g/mol. The lowest BCUT2D eigenvalue weighted by Crippen LogP contribution is -2.53. The third-order valence-electron chi connectivity index (χ3n) is 3.27. The van der Waals surface area contributed by atoms with Gasteiger partial charge in [-0.15, -0.1) is 12.4 Å². The van der Waals surface area contributed by atoms with Gasteiger partial charge < -0.3 is 20.1 Å². The molecule has 0 aromatic heterocycles. The lowest BCUT2D eigenvalue weighted by atomic mass is 10.1. The number of carbonyl (C=O) groups is 1. The van der Waals surface area contributed by atoms with Gasteiger partial charge in [-0.3, -0.25) is 4.79 Å². The largest absolute Gasteiger partial charge is 0.377 e. The minimum absolute atomic E-state index is 0. The summed E-state index contributed by atoms with van der Waals surface area (Å²) in [5.41, 5.74) is 1.83. The van der Waals surface area contributed by atoms with Gasteiger partial charge >= 0.3 is 0 Å². The van der Waals surface area contributed by atoms with Crippen LogP contribution in [0.1, 0.15) is 19.4 Å². The second-order valence-corrected chi connectivity index (χ2v) is 4.83. The van der Waals surface area contributed by atoms with Crippen molar-refractivity contribution in [2.45, 2.75) is 32.6 Å². The van der Waals surface area contributed by atoms with Gasteiger partial charge in [0.1, 0.15) is 6.04 Å². The molecule has 1 aromatic rings. The van der Waals surface area contributed by atoms with Gasteiger partial charge in [0.2, 0.25) is 5.91 Å². The van der Waals surface area contributed by atoms with Crippen molar-refractivity contribution in [3.05, 3.63) is 29.8 Å². The second kappa shape index (κ2) is 9.00. The fraction of sp³-hybridized carbons (Fsp3) is 0.533. The first-order valence-electron chi connectivity index (χ1n) is 7.03. The van der Waals surface area contributed by atoms with Crippen molar-refractivity contribution in [2.75, 3.05) is 25.1 Å². The summed E-state index contributed by atoms with van der Waals surface area (Å²) in [5, 5.41) is 6.10. The molecule has 2 atom stereocenters. The number of amides is 1. The fourth-order valence-corrected chi connectivity index (χ4v) is 2.21. The minimum atomic E-state index is -0.306. The van der Waals surface area contributed by atoms with Crippen molar-refractivity contribution in [1.29, 1.82) is 0 Å². The average molecular weight is 315 g/mol. The SMILES string of the molecule is CCOCc1cccc(NC(=O)[C@H]2NCCO[C@@H]2C)c1.Cl. The van der Waals surface area contributed by atoms with Crippen LogP contribution in [0.3, 0.4) is 0 Å². The van der Waals surface area contributed by atoms with Crippen molar-refractivity contribution in [2.24, 2.45) is 0 Å². The van der Waals surface area contributed by atoms with Gasteiger partial charge in [-0.2, -0.15) is 0 Å². The highest BCUT2D eigenvalue weighted by Gasteiger charge is 2.28. The molecule has 1 aromatic carbocycles. The molecule has 5 nitrogen and oxygen atoms in total. The van der Waals surface area contributed by atoms with Gasteiger partial charge in [-0.1, -0.05) is 12.1 Å². The van der Waals surface area contributed by atoms with E-state index in [1.54, 1.807) is 0 Å². The topological polar surface area (TPSA) is 59.6 Å². The zero-order valence-corrected chi connectivity index (χ0v) is 13.2. The Morgan fingerprint density at radius 2 is 2.33 bits per heavy atom. The molecule has 0 aliphatic carbocycles. The predicted octanol–water partition coefficient (Wildman–Crippen LogP) is 1.96. The molecule has 6 heteroatoms. The minimum Gasteiger partial charge on any atom is -0.377 e. The molecule has 1 heterocycles. The van der Waals surface area contributed by atoms with Crippen LogP contribution in [0.5, 0.6) is 0 Å². The van der Waals surface area contributed by atoms with Crippen molar-refractivity contribution in [3.63, 3.8) is 0 Å². The Bertz CT molecular complexity index is 456. The van der Waals surface area contributed by atoms with Crippen LogP contribution in [0.25, 0.3) is 0 Å². The maximum absolute atomic E-state index is 12.2. The second-order valence-electron chi connectivity index (χ2n) is 4.83. The average Bonchev–Trinajstić information content (AvgIpc) is 2.46. The van der Waals surface area contributed by atoms with Gasteiger partial charge in [0.15, 0.2) is 0 Å². The first kappa shape index (κ1) is 17.9. The van der Waals surface area contributed by atoms with Crippen molar-refractivity contribution < 1.29 is 14.3 Å². The van der Waals surface area contributed by atoms with Crippen molar-refractivity contribution >= 4 is 24.0 Å². The van der Waals surface area contributed by atoms with E-state index in [9.17, 15) is 4.79 Å². The molecule has 1 amide bonds. The van der Waals surface area contributed by atoms with Gasteiger partial charge in [-0.05, 0) is 31.5 Å². The lowest BCUT2D eigenvalue weighted by Gasteiger charge is -2.29. The van der Waals surface area contributed by atoms with E-state index in [-0.39, 0.29) is 30.5 Å². The highest BCUT2D eigenvalue weighted by molar-refractivity contribution is 5.95. The van der Waals surface area contributed by atoms with Crippen LogP contribution in [-0.2, 0) is 20.9 Å². The molecule has 2 N–H and O–H groups in total. The number of carbonyl (C=O) groups excluding carboxylic acids is 1. The summed E-state index contributed by atoms with van der Waals surface area (Å²) >= 11 is 0. The number of hydrogen-bond donors (Lipinski definition) is 2. The Morgan fingerprint density at radius 1 is 1.52 bits per heavy atom. The van der Waals surface area contributed by atoms with Crippen LogP contribution in [-0.4, -0.2) is 37.8 Å². The highest BCUT2D eigenvalue weighted by atomic mass is 35.5. The van der Waals surface area contributed by atoms with E-state index in [0.717, 1.165) is 11.3 Å². The van der Waals surface area contributed by atoms with Crippen molar-refractivity contribution in [3.8, 4) is 0 Å². The summed E-state index contributed by atoms with van der Waals surface area (Å²) in [6.07, 6.45) is -0.115. The molecule has 0 bridgehead atoms. The molecule has 118 valence electrons. The molecule has 1 aliphatic rings. The van der Waals surface area contributed by atoms with Crippen LogP contribution < -0.4 is 10.6 Å². The zero-order valence-electron chi connectivity index (χ0n) is 12.4. The van der Waals surface area contributed by atoms with E-state index in [2.05, 4.69) is 10.6 Å². The van der Waals surface area contributed by atoms with Gasteiger partial charge in [-0.25, -0.2) is 0 Å². The fourth-order valence-electron chi connectivity index (χ4n) is 2.21. The Balaban J connectivity index is 0.00000220. The number of rotatable bonds is 5. The lowest BCUT2D eigenvalue weighted by molar-refractivity contribution is -0.123. The molecule has 1 saturated heterocycles. The van der Waals surface area contributed by atoms with E-state index in [4.69, 9.17) is 9.47 Å². The Hall–Kier alpha value is -1.14. The van der Waals surface area contributed by atoms with E-state index in [0.29, 0.717) is 26.4 Å². The standard InChI is InChI=1S/C15H22N2O3.ClH/c1-3-19-10-12-5-4-6-13(9-12)17-15(18)14-11(2)20-8-7-16-14;/h4-6,9,11,14,16H,3,7-8,10H2,1-2H3,(H,17,18);1H/t11-,14+;/m1./s1. The summed E-state index contributed by atoms with van der Waals surface area (Å²) in [6.45, 7) is 6.45. The molecule has 0 unspecified atom stereocenters. The summed E-state index contributed by atoms with van der Waals surface area (Å²) in [7, 11) is 0. The number of benzene rings is 1. The number of morpholine rings is 1. The van der Waals surface area contributed by atoms with Crippen LogP contribution >= 0.6 is 12.4 Å². The zero-order chi connectivity index (χ0) is 14.4. The summed E-state index contributed by atoms with van der Waals surface area (Å²) < 4.78 is 10.9. The number of nitrogens with one attached hydrogen (secondary N) is 2. The number of ether oxygens (including phenoxy) is 2. The van der Waals surface area contributed by atoms with Gasteiger partial charge in [0.25, 0.3) is 0 Å². The molecular formula is C15H23ClN2O3. The monoisotopic (exact) mass is 314 g/mol. The number of anilines is 1. The van der Waals surface area contributed by atoms with Crippen LogP contribution in [0, 0.1) is 0 Å².